The zero-order valence-corrected chi connectivity index (χ0v) is 11.5. The molecule has 0 saturated carbocycles. The molecule has 6 heteroatoms. The maximum absolute atomic E-state index is 9.11. The van der Waals surface area contributed by atoms with Gasteiger partial charge in [-0.3, -0.25) is 0 Å². The van der Waals surface area contributed by atoms with Crippen LogP contribution in [0.4, 0.5) is 0 Å². The predicted molar refractivity (Wildman–Crippen MR) is 78.3 cm³/mol. The Balaban J connectivity index is 2.10. The Labute approximate surface area is 123 Å². The smallest absolute Gasteiger partial charge is 0.488 e. The molecule has 2 N–H and O–H groups in total. The van der Waals surface area contributed by atoms with Crippen molar-refractivity contribution in [1.82, 2.24) is 0 Å². The van der Waals surface area contributed by atoms with Gasteiger partial charge in [0.05, 0.1) is 12.7 Å². The van der Waals surface area contributed by atoms with Crippen molar-refractivity contribution in [2.75, 3.05) is 7.11 Å². The van der Waals surface area contributed by atoms with Crippen LogP contribution in [-0.2, 0) is 6.61 Å². The SMILES string of the molecule is COc1ccc(COc2cccc(B(O)O)c2)cc1C#N. The van der Waals surface area contributed by atoms with Gasteiger partial charge in [-0.15, -0.1) is 0 Å². The topological polar surface area (TPSA) is 82.7 Å². The molecule has 0 aliphatic heterocycles. The molecular weight excluding hydrogens is 269 g/mol. The van der Waals surface area contributed by atoms with Gasteiger partial charge < -0.3 is 19.5 Å². The number of nitrogens with zero attached hydrogens (tertiary/aromatic N) is 1. The van der Waals surface area contributed by atoms with Gasteiger partial charge in [-0.1, -0.05) is 18.2 Å². The molecule has 0 saturated heterocycles. The van der Waals surface area contributed by atoms with Crippen LogP contribution in [0, 0.1) is 11.3 Å². The number of methoxy groups -OCH3 is 1. The summed E-state index contributed by atoms with van der Waals surface area (Å²) in [5.74, 6) is 1.04. The number of nitriles is 1. The maximum atomic E-state index is 9.11. The molecule has 0 atom stereocenters. The van der Waals surface area contributed by atoms with E-state index in [1.165, 1.54) is 7.11 Å². The van der Waals surface area contributed by atoms with Gasteiger partial charge in [0.25, 0.3) is 0 Å². The summed E-state index contributed by atoms with van der Waals surface area (Å²) in [7, 11) is -0.0161. The van der Waals surface area contributed by atoms with Crippen molar-refractivity contribution in [1.29, 1.82) is 5.26 Å². The standard InChI is InChI=1S/C15H14BNO4/c1-20-15-6-5-11(7-12(15)9-17)10-21-14-4-2-3-13(8-14)16(18)19/h2-8,18-19H,10H2,1H3. The zero-order chi connectivity index (χ0) is 15.2. The van der Waals surface area contributed by atoms with Crippen molar-refractivity contribution in [3.05, 3.63) is 53.6 Å². The Bertz CT molecular complexity index is 667. The molecular formula is C15H14BNO4. The van der Waals surface area contributed by atoms with Crippen molar-refractivity contribution < 1.29 is 19.5 Å². The van der Waals surface area contributed by atoms with Crippen molar-refractivity contribution >= 4 is 12.6 Å². The summed E-state index contributed by atoms with van der Waals surface area (Å²) in [6.45, 7) is 0.268. The first-order valence-corrected chi connectivity index (χ1v) is 6.30. The van der Waals surface area contributed by atoms with Gasteiger partial charge in [0.15, 0.2) is 0 Å². The summed E-state index contributed by atoms with van der Waals surface area (Å²) in [5.41, 5.74) is 1.63. The molecule has 2 rings (SSSR count). The fourth-order valence-electron chi connectivity index (χ4n) is 1.86. The van der Waals surface area contributed by atoms with E-state index >= 15 is 0 Å². The minimum absolute atomic E-state index is 0.268. The first-order chi connectivity index (χ1) is 10.1. The average Bonchev–Trinajstić information content (AvgIpc) is 2.52. The van der Waals surface area contributed by atoms with Crippen molar-refractivity contribution in [3.8, 4) is 17.6 Å². The first kappa shape index (κ1) is 14.9. The lowest BCUT2D eigenvalue weighted by atomic mass is 9.80. The number of rotatable bonds is 5. The van der Waals surface area contributed by atoms with Gasteiger partial charge in [0.1, 0.15) is 24.2 Å². The summed E-state index contributed by atoms with van der Waals surface area (Å²) in [6, 6.07) is 13.8. The third-order valence-corrected chi connectivity index (χ3v) is 2.95. The lowest BCUT2D eigenvalue weighted by molar-refractivity contribution is 0.306. The summed E-state index contributed by atoms with van der Waals surface area (Å²) >= 11 is 0. The Morgan fingerprint density at radius 1 is 1.19 bits per heavy atom. The summed E-state index contributed by atoms with van der Waals surface area (Å²) in [4.78, 5) is 0. The highest BCUT2D eigenvalue weighted by Gasteiger charge is 2.11. The van der Waals surface area contributed by atoms with Gasteiger partial charge in [0, 0.05) is 0 Å². The molecule has 2 aromatic rings. The van der Waals surface area contributed by atoms with Gasteiger partial charge in [-0.05, 0) is 35.3 Å². The second-order valence-corrected chi connectivity index (χ2v) is 4.38. The summed E-state index contributed by atoms with van der Waals surface area (Å²) in [5, 5.41) is 27.2. The van der Waals surface area contributed by atoms with E-state index < -0.39 is 7.12 Å². The van der Waals surface area contributed by atoms with Crippen molar-refractivity contribution in [2.24, 2.45) is 0 Å². The molecule has 0 aliphatic rings. The van der Waals surface area contributed by atoms with E-state index in [4.69, 9.17) is 24.8 Å². The van der Waals surface area contributed by atoms with Gasteiger partial charge >= 0.3 is 7.12 Å². The van der Waals surface area contributed by atoms with Crippen LogP contribution >= 0.6 is 0 Å². The van der Waals surface area contributed by atoms with Crippen LogP contribution in [0.5, 0.6) is 11.5 Å². The number of ether oxygens (including phenoxy) is 2. The minimum Gasteiger partial charge on any atom is -0.495 e. The van der Waals surface area contributed by atoms with E-state index in [9.17, 15) is 0 Å². The van der Waals surface area contributed by atoms with Gasteiger partial charge in [-0.2, -0.15) is 5.26 Å². The molecule has 0 bridgehead atoms. The van der Waals surface area contributed by atoms with Crippen LogP contribution in [0.1, 0.15) is 11.1 Å². The van der Waals surface area contributed by atoms with E-state index in [0.29, 0.717) is 22.5 Å². The molecule has 0 spiro atoms. The molecule has 0 unspecified atom stereocenters. The van der Waals surface area contributed by atoms with Gasteiger partial charge in [0.2, 0.25) is 0 Å². The molecule has 5 nitrogen and oxygen atoms in total. The second-order valence-electron chi connectivity index (χ2n) is 4.38. The fraction of sp³-hybridized carbons (Fsp3) is 0.133. The first-order valence-electron chi connectivity index (χ1n) is 6.30. The Kier molecular flexibility index (Phi) is 4.83. The number of hydrogen-bond acceptors (Lipinski definition) is 5. The van der Waals surface area contributed by atoms with Crippen LogP contribution in [0.15, 0.2) is 42.5 Å². The van der Waals surface area contributed by atoms with Crippen molar-refractivity contribution in [2.45, 2.75) is 6.61 Å². The highest BCUT2D eigenvalue weighted by atomic mass is 16.5. The zero-order valence-electron chi connectivity index (χ0n) is 11.5. The Morgan fingerprint density at radius 2 is 2.00 bits per heavy atom. The highest BCUT2D eigenvalue weighted by molar-refractivity contribution is 6.58. The quantitative estimate of drug-likeness (QED) is 0.794. The molecule has 0 amide bonds. The monoisotopic (exact) mass is 283 g/mol. The summed E-state index contributed by atoms with van der Waals surface area (Å²) < 4.78 is 10.7. The average molecular weight is 283 g/mol. The molecule has 0 heterocycles. The van der Waals surface area contributed by atoms with Gasteiger partial charge in [-0.25, -0.2) is 0 Å². The Hall–Kier alpha value is -2.49. The van der Waals surface area contributed by atoms with Crippen LogP contribution < -0.4 is 14.9 Å². The molecule has 106 valence electrons. The molecule has 0 aliphatic carbocycles. The predicted octanol–water partition coefficient (Wildman–Crippen LogP) is 0.826. The molecule has 0 fully saturated rings. The van der Waals surface area contributed by atoms with E-state index in [1.807, 2.05) is 6.07 Å². The third kappa shape index (κ3) is 3.75. The highest BCUT2D eigenvalue weighted by Crippen LogP contribution is 2.20. The number of hydrogen-bond donors (Lipinski definition) is 2. The summed E-state index contributed by atoms with van der Waals surface area (Å²) in [6.07, 6.45) is 0. The largest absolute Gasteiger partial charge is 0.495 e. The van der Waals surface area contributed by atoms with Crippen LogP contribution in [0.25, 0.3) is 0 Å². The van der Waals surface area contributed by atoms with Crippen LogP contribution in [0.2, 0.25) is 0 Å². The lowest BCUT2D eigenvalue weighted by Gasteiger charge is -2.09. The molecule has 0 radical (unpaired) electrons. The normalized spacial score (nSPS) is 9.81. The Morgan fingerprint density at radius 3 is 2.67 bits per heavy atom. The maximum Gasteiger partial charge on any atom is 0.488 e. The fourth-order valence-corrected chi connectivity index (χ4v) is 1.86. The van der Waals surface area contributed by atoms with E-state index in [-0.39, 0.29) is 6.61 Å². The minimum atomic E-state index is -1.53. The molecule has 21 heavy (non-hydrogen) atoms. The van der Waals surface area contributed by atoms with Crippen LogP contribution in [0.3, 0.4) is 0 Å². The van der Waals surface area contributed by atoms with E-state index in [0.717, 1.165) is 5.56 Å². The number of benzene rings is 2. The van der Waals surface area contributed by atoms with Crippen molar-refractivity contribution in [3.63, 3.8) is 0 Å². The molecule has 2 aromatic carbocycles. The lowest BCUT2D eigenvalue weighted by Crippen LogP contribution is -2.29. The van der Waals surface area contributed by atoms with E-state index in [2.05, 4.69) is 6.07 Å². The van der Waals surface area contributed by atoms with Crippen LogP contribution in [-0.4, -0.2) is 24.3 Å². The third-order valence-electron chi connectivity index (χ3n) is 2.95. The second kappa shape index (κ2) is 6.79. The molecule has 0 aromatic heterocycles. The van der Waals surface area contributed by atoms with E-state index in [1.54, 1.807) is 36.4 Å².